The molecule has 3 aromatic rings. The molecule has 1 N–H and O–H groups in total. The molecule has 1 heterocycles. The molecule has 118 valence electrons. The number of ether oxygens (including phenoxy) is 1. The second-order valence-electron chi connectivity index (χ2n) is 5.42. The molecule has 0 aliphatic rings. The molecular weight excluding hydrogens is 352 g/mol. The van der Waals surface area contributed by atoms with Gasteiger partial charge in [-0.3, -0.25) is 0 Å². The van der Waals surface area contributed by atoms with E-state index in [1.807, 2.05) is 36.5 Å². The zero-order valence-corrected chi connectivity index (χ0v) is 14.6. The SMILES string of the molecule is CCC(Oc1ccccc1)c1ncc(Cc2ccc(Br)cc2)[nH]1. The van der Waals surface area contributed by atoms with E-state index in [-0.39, 0.29) is 6.10 Å². The smallest absolute Gasteiger partial charge is 0.156 e. The topological polar surface area (TPSA) is 37.9 Å². The second kappa shape index (κ2) is 7.47. The summed E-state index contributed by atoms with van der Waals surface area (Å²) in [5.41, 5.74) is 2.35. The summed E-state index contributed by atoms with van der Waals surface area (Å²) in [4.78, 5) is 7.91. The van der Waals surface area contributed by atoms with Crippen LogP contribution in [0.25, 0.3) is 0 Å². The van der Waals surface area contributed by atoms with E-state index in [0.717, 1.165) is 34.6 Å². The third-order valence-electron chi connectivity index (χ3n) is 3.65. The van der Waals surface area contributed by atoms with Crippen LogP contribution in [-0.4, -0.2) is 9.97 Å². The maximum absolute atomic E-state index is 6.03. The molecular formula is C19H19BrN2O. The standard InChI is InChI=1S/C19H19BrN2O/c1-2-18(23-17-6-4-3-5-7-17)19-21-13-16(22-19)12-14-8-10-15(20)11-9-14/h3-11,13,18H,2,12H2,1H3,(H,21,22). The Balaban J connectivity index is 1.70. The number of hydrogen-bond donors (Lipinski definition) is 1. The van der Waals surface area contributed by atoms with Crippen molar-refractivity contribution in [2.75, 3.05) is 0 Å². The highest BCUT2D eigenvalue weighted by atomic mass is 79.9. The summed E-state index contributed by atoms with van der Waals surface area (Å²) in [5.74, 6) is 1.74. The molecule has 23 heavy (non-hydrogen) atoms. The van der Waals surface area contributed by atoms with Gasteiger partial charge in [-0.05, 0) is 36.2 Å². The molecule has 4 heteroatoms. The van der Waals surface area contributed by atoms with E-state index in [1.54, 1.807) is 0 Å². The van der Waals surface area contributed by atoms with Crippen molar-refractivity contribution in [1.29, 1.82) is 0 Å². The van der Waals surface area contributed by atoms with Gasteiger partial charge in [0.05, 0.1) is 0 Å². The normalized spacial score (nSPS) is 12.1. The van der Waals surface area contributed by atoms with Gasteiger partial charge in [0.15, 0.2) is 6.10 Å². The third-order valence-corrected chi connectivity index (χ3v) is 4.18. The number of aromatic amines is 1. The Morgan fingerprint density at radius 2 is 1.83 bits per heavy atom. The monoisotopic (exact) mass is 370 g/mol. The highest BCUT2D eigenvalue weighted by Gasteiger charge is 2.15. The van der Waals surface area contributed by atoms with E-state index in [9.17, 15) is 0 Å². The van der Waals surface area contributed by atoms with Gasteiger partial charge in [0, 0.05) is 22.8 Å². The fourth-order valence-electron chi connectivity index (χ4n) is 2.45. The molecule has 1 unspecified atom stereocenters. The average molecular weight is 371 g/mol. The average Bonchev–Trinajstić information content (AvgIpc) is 3.04. The number of para-hydroxylation sites is 1. The second-order valence-corrected chi connectivity index (χ2v) is 6.34. The summed E-state index contributed by atoms with van der Waals surface area (Å²) in [6.07, 6.45) is 3.53. The Hall–Kier alpha value is -2.07. The number of halogens is 1. The lowest BCUT2D eigenvalue weighted by molar-refractivity contribution is 0.192. The van der Waals surface area contributed by atoms with Crippen LogP contribution in [0.5, 0.6) is 5.75 Å². The van der Waals surface area contributed by atoms with Crippen molar-refractivity contribution in [2.24, 2.45) is 0 Å². The van der Waals surface area contributed by atoms with Gasteiger partial charge in [0.25, 0.3) is 0 Å². The molecule has 0 fully saturated rings. The van der Waals surface area contributed by atoms with Gasteiger partial charge in [-0.2, -0.15) is 0 Å². The van der Waals surface area contributed by atoms with Crippen molar-refractivity contribution in [3.05, 3.63) is 82.3 Å². The van der Waals surface area contributed by atoms with E-state index in [1.165, 1.54) is 5.56 Å². The highest BCUT2D eigenvalue weighted by molar-refractivity contribution is 9.10. The summed E-state index contributed by atoms with van der Waals surface area (Å²) in [6, 6.07) is 18.2. The minimum Gasteiger partial charge on any atom is -0.483 e. The Labute approximate surface area is 144 Å². The van der Waals surface area contributed by atoms with E-state index in [4.69, 9.17) is 4.74 Å². The number of nitrogens with one attached hydrogen (secondary N) is 1. The number of H-pyrrole nitrogens is 1. The molecule has 0 aliphatic heterocycles. The van der Waals surface area contributed by atoms with Crippen molar-refractivity contribution in [3.63, 3.8) is 0 Å². The van der Waals surface area contributed by atoms with Crippen molar-refractivity contribution in [1.82, 2.24) is 9.97 Å². The first kappa shape index (κ1) is 15.8. The van der Waals surface area contributed by atoms with Crippen molar-refractivity contribution >= 4 is 15.9 Å². The fourth-order valence-corrected chi connectivity index (χ4v) is 2.71. The summed E-state index contributed by atoms with van der Waals surface area (Å²) in [5, 5.41) is 0. The van der Waals surface area contributed by atoms with Crippen molar-refractivity contribution in [3.8, 4) is 5.75 Å². The largest absolute Gasteiger partial charge is 0.483 e. The number of aromatic nitrogens is 2. The summed E-state index contributed by atoms with van der Waals surface area (Å²) in [6.45, 7) is 2.10. The molecule has 2 aromatic carbocycles. The summed E-state index contributed by atoms with van der Waals surface area (Å²) in [7, 11) is 0. The molecule has 0 saturated heterocycles. The molecule has 3 nitrogen and oxygen atoms in total. The number of hydrogen-bond acceptors (Lipinski definition) is 2. The molecule has 1 atom stereocenters. The van der Waals surface area contributed by atoms with Crippen LogP contribution >= 0.6 is 15.9 Å². The Morgan fingerprint density at radius 1 is 1.09 bits per heavy atom. The van der Waals surface area contributed by atoms with Crippen LogP contribution in [-0.2, 0) is 6.42 Å². The minimum absolute atomic E-state index is 0.0592. The van der Waals surface area contributed by atoms with Crippen LogP contribution in [0, 0.1) is 0 Å². The Kier molecular flexibility index (Phi) is 5.13. The van der Waals surface area contributed by atoms with Crippen LogP contribution in [0.4, 0.5) is 0 Å². The van der Waals surface area contributed by atoms with Crippen molar-refractivity contribution < 1.29 is 4.74 Å². The number of rotatable bonds is 6. The lowest BCUT2D eigenvalue weighted by Crippen LogP contribution is -2.08. The third kappa shape index (κ3) is 4.23. The van der Waals surface area contributed by atoms with Gasteiger partial charge in [0.1, 0.15) is 11.6 Å². The van der Waals surface area contributed by atoms with E-state index >= 15 is 0 Å². The first-order valence-corrected chi connectivity index (χ1v) is 8.54. The predicted molar refractivity (Wildman–Crippen MR) is 95.6 cm³/mol. The van der Waals surface area contributed by atoms with Crippen LogP contribution in [0.1, 0.15) is 36.5 Å². The Morgan fingerprint density at radius 3 is 2.52 bits per heavy atom. The minimum atomic E-state index is -0.0592. The number of benzene rings is 2. The number of imidazole rings is 1. The first-order valence-electron chi connectivity index (χ1n) is 7.74. The van der Waals surface area contributed by atoms with Crippen LogP contribution < -0.4 is 4.74 Å². The summed E-state index contributed by atoms with van der Waals surface area (Å²) < 4.78 is 7.12. The highest BCUT2D eigenvalue weighted by Crippen LogP contribution is 2.23. The van der Waals surface area contributed by atoms with Crippen LogP contribution in [0.3, 0.4) is 0 Å². The van der Waals surface area contributed by atoms with Gasteiger partial charge in [-0.25, -0.2) is 4.98 Å². The van der Waals surface area contributed by atoms with Gasteiger partial charge in [-0.15, -0.1) is 0 Å². The number of nitrogens with zero attached hydrogens (tertiary/aromatic N) is 1. The van der Waals surface area contributed by atoms with Gasteiger partial charge in [-0.1, -0.05) is 53.2 Å². The van der Waals surface area contributed by atoms with Gasteiger partial charge in [0.2, 0.25) is 0 Å². The maximum Gasteiger partial charge on any atom is 0.156 e. The fraction of sp³-hybridized carbons (Fsp3) is 0.211. The van der Waals surface area contributed by atoms with Crippen LogP contribution in [0.2, 0.25) is 0 Å². The molecule has 3 rings (SSSR count). The van der Waals surface area contributed by atoms with Gasteiger partial charge >= 0.3 is 0 Å². The molecule has 0 spiro atoms. The molecule has 0 aliphatic carbocycles. The Bertz CT molecular complexity index is 738. The first-order chi connectivity index (χ1) is 11.2. The van der Waals surface area contributed by atoms with Crippen molar-refractivity contribution in [2.45, 2.75) is 25.9 Å². The van der Waals surface area contributed by atoms with E-state index < -0.39 is 0 Å². The zero-order valence-electron chi connectivity index (χ0n) is 13.0. The molecule has 0 radical (unpaired) electrons. The van der Waals surface area contributed by atoms with E-state index in [2.05, 4.69) is 57.1 Å². The molecule has 0 saturated carbocycles. The molecule has 0 amide bonds. The molecule has 1 aromatic heterocycles. The zero-order chi connectivity index (χ0) is 16.1. The van der Waals surface area contributed by atoms with Crippen LogP contribution in [0.15, 0.2) is 65.3 Å². The lowest BCUT2D eigenvalue weighted by atomic mass is 10.1. The lowest BCUT2D eigenvalue weighted by Gasteiger charge is -2.15. The maximum atomic E-state index is 6.03. The quantitative estimate of drug-likeness (QED) is 0.639. The van der Waals surface area contributed by atoms with E-state index in [0.29, 0.717) is 0 Å². The summed E-state index contributed by atoms with van der Waals surface area (Å²) >= 11 is 3.46. The predicted octanol–water partition coefficient (Wildman–Crippen LogP) is 5.29. The molecule has 0 bridgehead atoms. The van der Waals surface area contributed by atoms with Gasteiger partial charge < -0.3 is 9.72 Å².